The van der Waals surface area contributed by atoms with Crippen LogP contribution < -0.4 is 4.74 Å². The van der Waals surface area contributed by atoms with Crippen LogP contribution in [0.25, 0.3) is 0 Å². The van der Waals surface area contributed by atoms with Gasteiger partial charge >= 0.3 is 0 Å². The average molecular weight is 448 g/mol. The molecular weight excluding hydrogens is 414 g/mol. The molecule has 1 atom stereocenters. The van der Waals surface area contributed by atoms with Crippen molar-refractivity contribution in [2.75, 3.05) is 46.4 Å². The Morgan fingerprint density at radius 2 is 1.87 bits per heavy atom. The molecule has 2 saturated heterocycles. The van der Waals surface area contributed by atoms with E-state index in [1.807, 2.05) is 4.90 Å². The van der Waals surface area contributed by atoms with Gasteiger partial charge in [-0.25, -0.2) is 0 Å². The van der Waals surface area contributed by atoms with Crippen molar-refractivity contribution < 1.29 is 14.3 Å². The lowest BCUT2D eigenvalue weighted by molar-refractivity contribution is -0.141. The number of rotatable bonds is 7. The normalized spacial score (nSPS) is 22.3. The first-order chi connectivity index (χ1) is 15.1. The third-order valence-electron chi connectivity index (χ3n) is 7.11. The number of ether oxygens (including phenoxy) is 1. The molecule has 6 nitrogen and oxygen atoms in total. The van der Waals surface area contributed by atoms with Crippen molar-refractivity contribution >= 4 is 23.4 Å². The molecule has 0 aromatic heterocycles. The van der Waals surface area contributed by atoms with E-state index in [-0.39, 0.29) is 17.9 Å². The number of halogens is 1. The molecular formula is C24H34ClN3O3. The number of piperidine rings is 1. The molecule has 0 radical (unpaired) electrons. The number of hydrogen-bond donors (Lipinski definition) is 0. The second-order valence-corrected chi connectivity index (χ2v) is 9.54. The van der Waals surface area contributed by atoms with Gasteiger partial charge in [0.1, 0.15) is 5.75 Å². The number of likely N-dealkylation sites (tertiary alicyclic amines) is 2. The number of nitrogens with zero attached hydrogens (tertiary/aromatic N) is 3. The summed E-state index contributed by atoms with van der Waals surface area (Å²) in [5.41, 5.74) is 0.490. The molecule has 4 rings (SSSR count). The Balaban J connectivity index is 1.47. The maximum atomic E-state index is 13.3. The lowest BCUT2D eigenvalue weighted by atomic mass is 9.83. The molecule has 1 saturated carbocycles. The lowest BCUT2D eigenvalue weighted by Crippen LogP contribution is -2.55. The van der Waals surface area contributed by atoms with Gasteiger partial charge in [0.25, 0.3) is 5.91 Å². The number of carbonyl (C=O) groups is 2. The van der Waals surface area contributed by atoms with Crippen LogP contribution in [-0.2, 0) is 4.79 Å². The Hall–Kier alpha value is -1.79. The van der Waals surface area contributed by atoms with Gasteiger partial charge in [-0.3, -0.25) is 9.59 Å². The van der Waals surface area contributed by atoms with Crippen molar-refractivity contribution in [3.8, 4) is 5.75 Å². The molecule has 2 heterocycles. The van der Waals surface area contributed by atoms with E-state index in [0.29, 0.717) is 35.3 Å². The standard InChI is InChI=1S/C24H34ClN3O3/c1-31-22-10-9-19(25)16-21(22)24(30)27-13-5-8-20(17-27)28(23(29)18-6-4-7-18)15-14-26-11-2-3-12-26/h9-10,16,18,20H,2-8,11-15,17H2,1H3. The Morgan fingerprint density at radius 1 is 1.10 bits per heavy atom. The fourth-order valence-electron chi connectivity index (χ4n) is 5.03. The molecule has 1 aromatic rings. The van der Waals surface area contributed by atoms with Crippen LogP contribution in [0.1, 0.15) is 55.3 Å². The average Bonchev–Trinajstić information content (AvgIpc) is 3.26. The van der Waals surface area contributed by atoms with Crippen LogP contribution in [0.4, 0.5) is 0 Å². The molecule has 1 unspecified atom stereocenters. The molecule has 7 heteroatoms. The second-order valence-electron chi connectivity index (χ2n) is 9.10. The molecule has 0 bridgehead atoms. The van der Waals surface area contributed by atoms with E-state index in [1.165, 1.54) is 12.8 Å². The van der Waals surface area contributed by atoms with Crippen LogP contribution in [0.5, 0.6) is 5.75 Å². The lowest BCUT2D eigenvalue weighted by Gasteiger charge is -2.42. The summed E-state index contributed by atoms with van der Waals surface area (Å²) in [6.07, 6.45) is 7.53. The Bertz CT molecular complexity index is 792. The van der Waals surface area contributed by atoms with Crippen LogP contribution in [0.2, 0.25) is 5.02 Å². The third-order valence-corrected chi connectivity index (χ3v) is 7.34. The summed E-state index contributed by atoms with van der Waals surface area (Å²) in [6.45, 7) is 5.24. The van der Waals surface area contributed by atoms with Gasteiger partial charge in [0.2, 0.25) is 5.91 Å². The van der Waals surface area contributed by atoms with E-state index < -0.39 is 0 Å². The molecule has 0 spiro atoms. The largest absolute Gasteiger partial charge is 0.496 e. The van der Waals surface area contributed by atoms with Crippen molar-refractivity contribution in [3.05, 3.63) is 28.8 Å². The van der Waals surface area contributed by atoms with Crippen LogP contribution >= 0.6 is 11.6 Å². The van der Waals surface area contributed by atoms with Crippen molar-refractivity contribution in [1.29, 1.82) is 0 Å². The van der Waals surface area contributed by atoms with E-state index in [0.717, 1.165) is 58.3 Å². The van der Waals surface area contributed by atoms with E-state index in [4.69, 9.17) is 16.3 Å². The minimum atomic E-state index is -0.0698. The fourth-order valence-corrected chi connectivity index (χ4v) is 5.20. The van der Waals surface area contributed by atoms with Crippen LogP contribution in [0.3, 0.4) is 0 Å². The summed E-state index contributed by atoms with van der Waals surface area (Å²) in [7, 11) is 1.57. The van der Waals surface area contributed by atoms with Gasteiger partial charge in [0.15, 0.2) is 0 Å². The first kappa shape index (κ1) is 22.4. The molecule has 3 fully saturated rings. The van der Waals surface area contributed by atoms with E-state index in [2.05, 4.69) is 9.80 Å². The Labute approximate surface area is 190 Å². The van der Waals surface area contributed by atoms with Crippen molar-refractivity contribution in [2.24, 2.45) is 5.92 Å². The predicted octanol–water partition coefficient (Wildman–Crippen LogP) is 3.68. The third kappa shape index (κ3) is 5.17. The summed E-state index contributed by atoms with van der Waals surface area (Å²) < 4.78 is 5.40. The zero-order chi connectivity index (χ0) is 21.8. The first-order valence-corrected chi connectivity index (χ1v) is 12.1. The molecule has 2 amide bonds. The zero-order valence-electron chi connectivity index (χ0n) is 18.5. The highest BCUT2D eigenvalue weighted by molar-refractivity contribution is 6.31. The second kappa shape index (κ2) is 10.2. The monoisotopic (exact) mass is 447 g/mol. The van der Waals surface area contributed by atoms with Gasteiger partial charge < -0.3 is 19.4 Å². The highest BCUT2D eigenvalue weighted by Gasteiger charge is 2.36. The molecule has 170 valence electrons. The Morgan fingerprint density at radius 3 is 2.55 bits per heavy atom. The number of benzene rings is 1. The van der Waals surface area contributed by atoms with E-state index in [1.54, 1.807) is 25.3 Å². The first-order valence-electron chi connectivity index (χ1n) is 11.7. The number of methoxy groups -OCH3 is 1. The highest BCUT2D eigenvalue weighted by Crippen LogP contribution is 2.31. The van der Waals surface area contributed by atoms with Crippen molar-refractivity contribution in [1.82, 2.24) is 14.7 Å². The molecule has 0 N–H and O–H groups in total. The minimum Gasteiger partial charge on any atom is -0.496 e. The zero-order valence-corrected chi connectivity index (χ0v) is 19.3. The van der Waals surface area contributed by atoms with E-state index in [9.17, 15) is 9.59 Å². The molecule has 1 aromatic carbocycles. The van der Waals surface area contributed by atoms with Gasteiger partial charge in [-0.15, -0.1) is 0 Å². The van der Waals surface area contributed by atoms with Gasteiger partial charge in [0.05, 0.1) is 12.7 Å². The minimum absolute atomic E-state index is 0.0698. The van der Waals surface area contributed by atoms with Gasteiger partial charge in [-0.2, -0.15) is 0 Å². The predicted molar refractivity (Wildman–Crippen MR) is 122 cm³/mol. The summed E-state index contributed by atoms with van der Waals surface area (Å²) in [5, 5.41) is 0.519. The van der Waals surface area contributed by atoms with Gasteiger partial charge in [-0.1, -0.05) is 18.0 Å². The number of carbonyl (C=O) groups excluding carboxylic acids is 2. The summed E-state index contributed by atoms with van der Waals surface area (Å²) >= 11 is 6.15. The van der Waals surface area contributed by atoms with Crippen LogP contribution in [-0.4, -0.2) is 78.9 Å². The SMILES string of the molecule is COc1ccc(Cl)cc1C(=O)N1CCCC(N(CCN2CCCC2)C(=O)C2CCC2)C1. The quantitative estimate of drug-likeness (QED) is 0.639. The molecule has 31 heavy (non-hydrogen) atoms. The van der Waals surface area contributed by atoms with Gasteiger partial charge in [-0.05, 0) is 69.8 Å². The summed E-state index contributed by atoms with van der Waals surface area (Å²) in [5.74, 6) is 0.940. The van der Waals surface area contributed by atoms with Crippen molar-refractivity contribution in [2.45, 2.75) is 51.0 Å². The Kier molecular flexibility index (Phi) is 7.39. The molecule has 3 aliphatic rings. The fraction of sp³-hybridized carbons (Fsp3) is 0.667. The summed E-state index contributed by atoms with van der Waals surface area (Å²) in [6, 6.07) is 5.22. The van der Waals surface area contributed by atoms with Crippen LogP contribution in [0.15, 0.2) is 18.2 Å². The molecule has 1 aliphatic carbocycles. The highest BCUT2D eigenvalue weighted by atomic mass is 35.5. The molecule has 2 aliphatic heterocycles. The smallest absolute Gasteiger partial charge is 0.257 e. The topological polar surface area (TPSA) is 53.1 Å². The van der Waals surface area contributed by atoms with E-state index >= 15 is 0 Å². The van der Waals surface area contributed by atoms with Gasteiger partial charge in [0, 0.05) is 43.2 Å². The maximum absolute atomic E-state index is 13.3. The maximum Gasteiger partial charge on any atom is 0.257 e. The number of hydrogen-bond acceptors (Lipinski definition) is 4. The number of amides is 2. The van der Waals surface area contributed by atoms with Crippen molar-refractivity contribution in [3.63, 3.8) is 0 Å². The summed E-state index contributed by atoms with van der Waals surface area (Å²) in [4.78, 5) is 33.0. The van der Waals surface area contributed by atoms with Crippen LogP contribution in [0, 0.1) is 5.92 Å².